The highest BCUT2D eigenvalue weighted by Gasteiger charge is 2.23. The zero-order valence-electron chi connectivity index (χ0n) is 11.3. The molecule has 1 radical (unpaired) electrons. The maximum Gasteiger partial charge on any atom is 0.286 e. The molecule has 3 heterocycles. The van der Waals surface area contributed by atoms with E-state index in [1.54, 1.807) is 0 Å². The average molecular weight is 259 g/mol. The summed E-state index contributed by atoms with van der Waals surface area (Å²) in [6.07, 6.45) is 15.0. The molecule has 0 aromatic rings. The molecular formula is C15H21N3O+. The lowest BCUT2D eigenvalue weighted by Gasteiger charge is -2.13. The molecule has 0 atom stereocenters. The number of rotatable bonds is 6. The predicted molar refractivity (Wildman–Crippen MR) is 73.2 cm³/mol. The van der Waals surface area contributed by atoms with E-state index >= 15 is 0 Å². The summed E-state index contributed by atoms with van der Waals surface area (Å²) in [6.45, 7) is 4.55. The Balaban J connectivity index is 1.34. The van der Waals surface area contributed by atoms with Crippen LogP contribution in [-0.2, 0) is 4.74 Å². The van der Waals surface area contributed by atoms with Crippen molar-refractivity contribution < 1.29 is 9.43 Å². The summed E-state index contributed by atoms with van der Waals surface area (Å²) in [7, 11) is 0. The van der Waals surface area contributed by atoms with Crippen LogP contribution in [0.4, 0.5) is 0 Å². The maximum atomic E-state index is 5.71. The fourth-order valence-electron chi connectivity index (χ4n) is 2.61. The van der Waals surface area contributed by atoms with Gasteiger partial charge < -0.3 is 9.64 Å². The lowest BCUT2D eigenvalue weighted by atomic mass is 10.2. The minimum Gasteiger partial charge on any atom is -0.474 e. The second-order valence-electron chi connectivity index (χ2n) is 5.16. The summed E-state index contributed by atoms with van der Waals surface area (Å²) in [5, 5.41) is 4.37. The van der Waals surface area contributed by atoms with Gasteiger partial charge in [-0.25, -0.2) is 0 Å². The van der Waals surface area contributed by atoms with E-state index in [0.29, 0.717) is 0 Å². The fourth-order valence-corrected chi connectivity index (χ4v) is 2.61. The van der Waals surface area contributed by atoms with E-state index in [-0.39, 0.29) is 0 Å². The smallest absolute Gasteiger partial charge is 0.286 e. The highest BCUT2D eigenvalue weighted by molar-refractivity contribution is 5.25. The summed E-state index contributed by atoms with van der Waals surface area (Å²) in [5.41, 5.74) is 1.08. The highest BCUT2D eigenvalue weighted by Crippen LogP contribution is 2.20. The molecule has 0 bridgehead atoms. The monoisotopic (exact) mass is 259 g/mol. The first kappa shape index (κ1) is 12.6. The first-order valence-corrected chi connectivity index (χ1v) is 7.21. The Hall–Kier alpha value is -1.42. The van der Waals surface area contributed by atoms with Crippen molar-refractivity contribution in [1.29, 1.82) is 0 Å². The lowest BCUT2D eigenvalue weighted by molar-refractivity contribution is -0.466. The van der Waals surface area contributed by atoms with Crippen LogP contribution < -0.4 is 0 Å². The van der Waals surface area contributed by atoms with Crippen LogP contribution in [0.3, 0.4) is 0 Å². The third-order valence-electron chi connectivity index (χ3n) is 3.66. The number of nitrogens with zero attached hydrogens (tertiary/aromatic N) is 3. The molecule has 0 aromatic heterocycles. The summed E-state index contributed by atoms with van der Waals surface area (Å²) in [5.74, 6) is 0.729. The van der Waals surface area contributed by atoms with Crippen LogP contribution in [-0.4, -0.2) is 35.8 Å². The van der Waals surface area contributed by atoms with Crippen molar-refractivity contribution in [3.8, 4) is 0 Å². The van der Waals surface area contributed by atoms with Crippen molar-refractivity contribution in [1.82, 2.24) is 4.90 Å². The zero-order valence-corrected chi connectivity index (χ0v) is 11.3. The molecule has 3 aliphatic rings. The maximum absolute atomic E-state index is 5.71. The van der Waals surface area contributed by atoms with E-state index in [1.807, 2.05) is 35.5 Å². The summed E-state index contributed by atoms with van der Waals surface area (Å²) in [6, 6.07) is 0. The van der Waals surface area contributed by atoms with Crippen LogP contribution in [0.5, 0.6) is 0 Å². The molecule has 19 heavy (non-hydrogen) atoms. The van der Waals surface area contributed by atoms with Gasteiger partial charge in [-0.2, -0.15) is 0 Å². The number of hydrogen-bond acceptors (Lipinski definition) is 3. The van der Waals surface area contributed by atoms with E-state index in [4.69, 9.17) is 4.74 Å². The van der Waals surface area contributed by atoms with Gasteiger partial charge in [0.2, 0.25) is 5.70 Å². The van der Waals surface area contributed by atoms with Crippen molar-refractivity contribution >= 4 is 0 Å². The SMILES string of the molecule is [CH]1C=C[N+]2=NC(OCCCCN3CCCC3)=CC2=C1. The Kier molecular flexibility index (Phi) is 4.08. The molecular weight excluding hydrogens is 238 g/mol. The van der Waals surface area contributed by atoms with Crippen LogP contribution in [0.15, 0.2) is 41.1 Å². The molecule has 1 fully saturated rings. The first-order valence-electron chi connectivity index (χ1n) is 7.21. The van der Waals surface area contributed by atoms with Gasteiger partial charge in [0.1, 0.15) is 0 Å². The molecule has 0 saturated carbocycles. The van der Waals surface area contributed by atoms with Gasteiger partial charge in [-0.1, -0.05) is 0 Å². The van der Waals surface area contributed by atoms with Gasteiger partial charge in [0, 0.05) is 11.5 Å². The van der Waals surface area contributed by atoms with Crippen molar-refractivity contribution in [3.63, 3.8) is 0 Å². The Morgan fingerprint density at radius 3 is 3.00 bits per heavy atom. The Morgan fingerprint density at radius 1 is 1.26 bits per heavy atom. The van der Waals surface area contributed by atoms with Gasteiger partial charge in [-0.3, -0.25) is 0 Å². The second kappa shape index (κ2) is 6.15. The van der Waals surface area contributed by atoms with Gasteiger partial charge in [0.15, 0.2) is 6.20 Å². The molecule has 4 heteroatoms. The number of unbranched alkanes of at least 4 members (excludes halogenated alkanes) is 1. The number of azo groups is 2. The summed E-state index contributed by atoms with van der Waals surface area (Å²) >= 11 is 0. The van der Waals surface area contributed by atoms with Crippen LogP contribution >= 0.6 is 0 Å². The third kappa shape index (κ3) is 3.32. The predicted octanol–water partition coefficient (Wildman–Crippen LogP) is 2.81. The number of fused-ring (bicyclic) bond motifs is 1. The largest absolute Gasteiger partial charge is 0.474 e. The zero-order chi connectivity index (χ0) is 12.9. The average Bonchev–Trinajstić information content (AvgIpc) is 3.06. The standard InChI is InChI=1S/C15H21N3O/c1-2-11-18-14(7-1)13-15(16-18)19-12-6-5-10-17-8-3-4-9-17/h1-2,7,11,13H,3-6,8-10,12H2/q+1. The molecule has 0 unspecified atom stereocenters. The molecule has 0 N–H and O–H groups in total. The Bertz CT molecular complexity index is 442. The second-order valence-corrected chi connectivity index (χ2v) is 5.16. The number of allylic oxidation sites excluding steroid dienone is 3. The molecule has 0 aliphatic carbocycles. The van der Waals surface area contributed by atoms with Crippen LogP contribution in [0.25, 0.3) is 0 Å². The number of ether oxygens (including phenoxy) is 1. The van der Waals surface area contributed by atoms with Gasteiger partial charge in [0.25, 0.3) is 5.88 Å². The van der Waals surface area contributed by atoms with Gasteiger partial charge in [-0.05, 0) is 62.2 Å². The van der Waals surface area contributed by atoms with Crippen LogP contribution in [0, 0.1) is 6.42 Å². The molecule has 4 nitrogen and oxygen atoms in total. The van der Waals surface area contributed by atoms with E-state index in [9.17, 15) is 0 Å². The topological polar surface area (TPSA) is 27.8 Å². The minimum absolute atomic E-state index is 0.729. The lowest BCUT2D eigenvalue weighted by Crippen LogP contribution is -2.20. The fraction of sp³-hybridized carbons (Fsp3) is 0.533. The summed E-state index contributed by atoms with van der Waals surface area (Å²) in [4.78, 5) is 2.55. The third-order valence-corrected chi connectivity index (χ3v) is 3.66. The van der Waals surface area contributed by atoms with E-state index in [2.05, 4.69) is 10.0 Å². The normalized spacial score (nSPS) is 22.0. The van der Waals surface area contributed by atoms with Crippen molar-refractivity contribution in [2.45, 2.75) is 25.7 Å². The van der Waals surface area contributed by atoms with Crippen LogP contribution in [0.2, 0.25) is 0 Å². The first-order chi connectivity index (χ1) is 9.42. The van der Waals surface area contributed by atoms with Crippen molar-refractivity contribution in [2.24, 2.45) is 5.11 Å². The molecule has 0 spiro atoms. The van der Waals surface area contributed by atoms with Gasteiger partial charge >= 0.3 is 0 Å². The molecule has 0 aromatic carbocycles. The number of hydrogen-bond donors (Lipinski definition) is 0. The molecule has 101 valence electrons. The molecule has 3 rings (SSSR count). The van der Waals surface area contributed by atoms with E-state index in [0.717, 1.165) is 24.6 Å². The van der Waals surface area contributed by atoms with E-state index < -0.39 is 0 Å². The van der Waals surface area contributed by atoms with Crippen molar-refractivity contribution in [2.75, 3.05) is 26.2 Å². The van der Waals surface area contributed by atoms with Gasteiger partial charge in [0.05, 0.1) is 12.7 Å². The van der Waals surface area contributed by atoms with Crippen molar-refractivity contribution in [3.05, 3.63) is 42.4 Å². The number of likely N-dealkylation sites (tertiary alicyclic amines) is 1. The quantitative estimate of drug-likeness (QED) is 0.542. The minimum atomic E-state index is 0.729. The van der Waals surface area contributed by atoms with E-state index in [1.165, 1.54) is 38.9 Å². The molecule has 0 amide bonds. The van der Waals surface area contributed by atoms with Gasteiger partial charge in [-0.15, -0.1) is 0 Å². The molecule has 3 aliphatic heterocycles. The van der Waals surface area contributed by atoms with Crippen LogP contribution in [0.1, 0.15) is 25.7 Å². The Labute approximate surface area is 114 Å². The molecule has 1 saturated heterocycles. The Morgan fingerprint density at radius 2 is 2.16 bits per heavy atom. The highest BCUT2D eigenvalue weighted by atomic mass is 16.5. The summed E-state index contributed by atoms with van der Waals surface area (Å²) < 4.78 is 7.55.